The number of nitrogens with zero attached hydrogens (tertiary/aromatic N) is 1. The van der Waals surface area contributed by atoms with Gasteiger partial charge in [-0.1, -0.05) is 22.4 Å². The normalized spacial score (nSPS) is 22.4. The fourth-order valence-electron chi connectivity index (χ4n) is 4.44. The van der Waals surface area contributed by atoms with E-state index in [1.807, 2.05) is 18.2 Å². The Morgan fingerprint density at radius 2 is 1.97 bits per heavy atom. The monoisotopic (exact) mass is 469 g/mol. The third kappa shape index (κ3) is 4.03. The molecule has 6 nitrogen and oxygen atoms in total. The summed E-state index contributed by atoms with van der Waals surface area (Å²) < 4.78 is 12.2. The van der Waals surface area contributed by atoms with Crippen LogP contribution in [0.15, 0.2) is 45.9 Å². The molecule has 0 bridgehead atoms. The van der Waals surface area contributed by atoms with Gasteiger partial charge in [-0.3, -0.25) is 9.79 Å². The highest BCUT2D eigenvalue weighted by atomic mass is 79.9. The fraction of sp³-hybridized carbons (Fsp3) is 0.391. The fourth-order valence-corrected chi connectivity index (χ4v) is 4.79. The van der Waals surface area contributed by atoms with Crippen LogP contribution in [0.3, 0.4) is 0 Å². The van der Waals surface area contributed by atoms with Gasteiger partial charge in [-0.2, -0.15) is 0 Å². The zero-order valence-electron chi connectivity index (χ0n) is 16.6. The zero-order valence-corrected chi connectivity index (χ0v) is 18.2. The van der Waals surface area contributed by atoms with Crippen LogP contribution >= 0.6 is 15.9 Å². The maximum Gasteiger partial charge on any atom is 0.251 e. The van der Waals surface area contributed by atoms with E-state index in [9.17, 15) is 4.79 Å². The van der Waals surface area contributed by atoms with Crippen LogP contribution in [0.5, 0.6) is 11.5 Å². The van der Waals surface area contributed by atoms with Crippen LogP contribution in [0, 0.1) is 5.92 Å². The first-order valence-electron chi connectivity index (χ1n) is 10.5. The molecule has 0 aromatic heterocycles. The molecule has 2 aromatic carbocycles. The van der Waals surface area contributed by atoms with E-state index in [4.69, 9.17) is 14.5 Å². The minimum absolute atomic E-state index is 0.0596. The van der Waals surface area contributed by atoms with Gasteiger partial charge in [0.2, 0.25) is 0 Å². The molecule has 2 N–H and O–H groups in total. The molecule has 2 heterocycles. The molecule has 1 saturated carbocycles. The SMILES string of the molecule is O=C(NC1CCCC(C2=Nc3cc(Br)ccc3NC2)C1)c1ccc2c(c1)OCCO2. The molecule has 2 aliphatic heterocycles. The smallest absolute Gasteiger partial charge is 0.251 e. The van der Waals surface area contributed by atoms with Gasteiger partial charge >= 0.3 is 0 Å². The number of amides is 1. The van der Waals surface area contributed by atoms with Gasteiger partial charge < -0.3 is 20.1 Å². The highest BCUT2D eigenvalue weighted by molar-refractivity contribution is 9.10. The Hall–Kier alpha value is -2.54. The lowest BCUT2D eigenvalue weighted by molar-refractivity contribution is 0.0923. The van der Waals surface area contributed by atoms with E-state index in [0.29, 0.717) is 36.2 Å². The van der Waals surface area contributed by atoms with Gasteiger partial charge in [0.05, 0.1) is 17.9 Å². The van der Waals surface area contributed by atoms with E-state index in [0.717, 1.165) is 48.1 Å². The predicted octanol–water partition coefficient (Wildman–Crippen LogP) is 4.71. The van der Waals surface area contributed by atoms with E-state index in [1.54, 1.807) is 12.1 Å². The molecule has 5 rings (SSSR count). The minimum atomic E-state index is -0.0596. The largest absolute Gasteiger partial charge is 0.486 e. The molecule has 1 amide bonds. The number of carbonyl (C=O) groups excluding carboxylic acids is 1. The van der Waals surface area contributed by atoms with Gasteiger partial charge in [-0.15, -0.1) is 0 Å². The van der Waals surface area contributed by atoms with Crippen LogP contribution in [-0.2, 0) is 0 Å². The van der Waals surface area contributed by atoms with Crippen LogP contribution < -0.4 is 20.1 Å². The number of anilines is 1. The highest BCUT2D eigenvalue weighted by Crippen LogP contribution is 2.35. The van der Waals surface area contributed by atoms with E-state index in [1.165, 1.54) is 5.71 Å². The molecule has 156 valence electrons. The summed E-state index contributed by atoms with van der Waals surface area (Å²) in [5.41, 5.74) is 3.84. The number of rotatable bonds is 3. The lowest BCUT2D eigenvalue weighted by atomic mass is 9.82. The van der Waals surface area contributed by atoms with Crippen molar-refractivity contribution in [3.8, 4) is 11.5 Å². The Kier molecular flexibility index (Phi) is 5.37. The first kappa shape index (κ1) is 19.4. The summed E-state index contributed by atoms with van der Waals surface area (Å²) in [5, 5.41) is 6.70. The Bertz CT molecular complexity index is 1010. The molecule has 2 atom stereocenters. The average molecular weight is 470 g/mol. The molecule has 3 aliphatic rings. The highest BCUT2D eigenvalue weighted by Gasteiger charge is 2.28. The third-order valence-corrected chi connectivity index (χ3v) is 6.46. The molecule has 0 radical (unpaired) electrons. The van der Waals surface area contributed by atoms with Crippen LogP contribution in [-0.4, -0.2) is 37.4 Å². The summed E-state index contributed by atoms with van der Waals surface area (Å²) in [4.78, 5) is 17.8. The van der Waals surface area contributed by atoms with Gasteiger partial charge in [-0.05, 0) is 55.7 Å². The lowest BCUT2D eigenvalue weighted by Gasteiger charge is -2.32. The molecule has 1 aliphatic carbocycles. The Morgan fingerprint density at radius 1 is 1.10 bits per heavy atom. The van der Waals surface area contributed by atoms with Gasteiger partial charge in [0.1, 0.15) is 13.2 Å². The summed E-state index contributed by atoms with van der Waals surface area (Å²) in [7, 11) is 0. The second-order valence-corrected chi connectivity index (χ2v) is 8.93. The number of aliphatic imine (C=N–C) groups is 1. The van der Waals surface area contributed by atoms with Gasteiger partial charge in [0.15, 0.2) is 11.5 Å². The van der Waals surface area contributed by atoms with Crippen molar-refractivity contribution < 1.29 is 14.3 Å². The Balaban J connectivity index is 1.26. The maximum absolute atomic E-state index is 12.8. The van der Waals surface area contributed by atoms with Crippen molar-refractivity contribution in [1.82, 2.24) is 5.32 Å². The number of ether oxygens (including phenoxy) is 2. The predicted molar refractivity (Wildman–Crippen MR) is 120 cm³/mol. The lowest BCUT2D eigenvalue weighted by Crippen LogP contribution is -2.41. The summed E-state index contributed by atoms with van der Waals surface area (Å²) in [6.07, 6.45) is 4.11. The molecule has 7 heteroatoms. The van der Waals surface area contributed by atoms with E-state index in [2.05, 4.69) is 32.6 Å². The Labute approximate surface area is 184 Å². The van der Waals surface area contributed by atoms with E-state index < -0.39 is 0 Å². The number of fused-ring (bicyclic) bond motifs is 2. The molecule has 2 aromatic rings. The topological polar surface area (TPSA) is 72.0 Å². The van der Waals surface area contributed by atoms with E-state index in [-0.39, 0.29) is 11.9 Å². The minimum Gasteiger partial charge on any atom is -0.486 e. The number of halogens is 1. The van der Waals surface area contributed by atoms with Crippen molar-refractivity contribution in [2.75, 3.05) is 25.1 Å². The second kappa shape index (κ2) is 8.30. The summed E-state index contributed by atoms with van der Waals surface area (Å²) >= 11 is 3.53. The van der Waals surface area contributed by atoms with Gasteiger partial charge in [-0.25, -0.2) is 0 Å². The standard InChI is InChI=1S/C23H24BrN3O3/c24-16-5-6-18-19(12-16)27-20(13-25-18)14-2-1-3-17(10-14)26-23(28)15-4-7-21-22(11-15)30-9-8-29-21/h4-7,11-12,14,17,25H,1-3,8-10,13H2,(H,26,28). The molecule has 0 saturated heterocycles. The van der Waals surface area contributed by atoms with Gasteiger partial charge in [0.25, 0.3) is 5.91 Å². The molecular formula is C23H24BrN3O3. The van der Waals surface area contributed by atoms with Crippen molar-refractivity contribution in [3.63, 3.8) is 0 Å². The number of hydrogen-bond donors (Lipinski definition) is 2. The average Bonchev–Trinajstić information content (AvgIpc) is 2.78. The number of nitrogens with one attached hydrogen (secondary N) is 2. The quantitative estimate of drug-likeness (QED) is 0.682. The van der Waals surface area contributed by atoms with Crippen molar-refractivity contribution >= 4 is 38.9 Å². The van der Waals surface area contributed by atoms with E-state index >= 15 is 0 Å². The first-order valence-corrected chi connectivity index (χ1v) is 11.3. The first-order chi connectivity index (χ1) is 14.7. The zero-order chi connectivity index (χ0) is 20.5. The van der Waals surface area contributed by atoms with Crippen LogP contribution in [0.2, 0.25) is 0 Å². The number of benzene rings is 2. The number of hydrogen-bond acceptors (Lipinski definition) is 5. The summed E-state index contributed by atoms with van der Waals surface area (Å²) in [5.74, 6) is 1.66. The van der Waals surface area contributed by atoms with Crippen LogP contribution in [0.25, 0.3) is 0 Å². The molecular weight excluding hydrogens is 446 g/mol. The summed E-state index contributed by atoms with van der Waals surface area (Å²) in [6.45, 7) is 1.82. The van der Waals surface area contributed by atoms with Crippen molar-refractivity contribution in [3.05, 3.63) is 46.4 Å². The number of carbonyl (C=O) groups is 1. The molecule has 1 fully saturated rings. The van der Waals surface area contributed by atoms with Crippen molar-refractivity contribution in [2.45, 2.75) is 31.7 Å². The second-order valence-electron chi connectivity index (χ2n) is 8.01. The van der Waals surface area contributed by atoms with Crippen LogP contribution in [0.4, 0.5) is 11.4 Å². The summed E-state index contributed by atoms with van der Waals surface area (Å²) in [6, 6.07) is 11.7. The van der Waals surface area contributed by atoms with Gasteiger partial charge in [0, 0.05) is 27.7 Å². The Morgan fingerprint density at radius 3 is 2.87 bits per heavy atom. The molecule has 30 heavy (non-hydrogen) atoms. The third-order valence-electron chi connectivity index (χ3n) is 5.97. The molecule has 2 unspecified atom stereocenters. The van der Waals surface area contributed by atoms with Crippen molar-refractivity contribution in [1.29, 1.82) is 0 Å². The van der Waals surface area contributed by atoms with Crippen LogP contribution in [0.1, 0.15) is 36.0 Å². The maximum atomic E-state index is 12.8. The molecule has 0 spiro atoms. The van der Waals surface area contributed by atoms with Crippen molar-refractivity contribution in [2.24, 2.45) is 10.9 Å².